The van der Waals surface area contributed by atoms with E-state index in [0.29, 0.717) is 11.5 Å². The summed E-state index contributed by atoms with van der Waals surface area (Å²) in [4.78, 5) is 28.6. The van der Waals surface area contributed by atoms with Crippen LogP contribution in [0.4, 0.5) is 0 Å². The van der Waals surface area contributed by atoms with Gasteiger partial charge in [-0.15, -0.1) is 0 Å². The molecule has 0 unspecified atom stereocenters. The third kappa shape index (κ3) is 3.74. The van der Waals surface area contributed by atoms with E-state index in [1.54, 1.807) is 18.3 Å². The van der Waals surface area contributed by atoms with E-state index in [2.05, 4.69) is 22.9 Å². The van der Waals surface area contributed by atoms with Crippen molar-refractivity contribution in [3.8, 4) is 0 Å². The van der Waals surface area contributed by atoms with Gasteiger partial charge in [0, 0.05) is 30.3 Å². The highest BCUT2D eigenvalue weighted by Gasteiger charge is 2.22. The van der Waals surface area contributed by atoms with Gasteiger partial charge < -0.3 is 9.40 Å². The van der Waals surface area contributed by atoms with Crippen molar-refractivity contribution in [1.29, 1.82) is 0 Å². The van der Waals surface area contributed by atoms with Gasteiger partial charge in [0.05, 0.1) is 0 Å². The number of nitrogens with zero attached hydrogens (tertiary/aromatic N) is 1. The van der Waals surface area contributed by atoms with Crippen molar-refractivity contribution in [1.82, 2.24) is 9.88 Å². The largest absolute Gasteiger partial charge is 0.422 e. The maximum absolute atomic E-state index is 12.0. The summed E-state index contributed by atoms with van der Waals surface area (Å²) in [6, 6.07) is 9.49. The Balaban J connectivity index is 1.54. The average molecular weight is 364 g/mol. The summed E-state index contributed by atoms with van der Waals surface area (Å²) >= 11 is 0. The molecule has 0 spiro atoms. The van der Waals surface area contributed by atoms with Crippen molar-refractivity contribution in [2.45, 2.75) is 39.2 Å². The van der Waals surface area contributed by atoms with E-state index in [1.165, 1.54) is 5.56 Å². The molecule has 1 saturated heterocycles. The van der Waals surface area contributed by atoms with E-state index in [-0.39, 0.29) is 11.2 Å². The van der Waals surface area contributed by atoms with Gasteiger partial charge in [-0.25, -0.2) is 4.79 Å². The molecule has 0 aliphatic carbocycles. The van der Waals surface area contributed by atoms with Crippen molar-refractivity contribution >= 4 is 11.0 Å². The van der Waals surface area contributed by atoms with Gasteiger partial charge in [0.25, 0.3) is 0 Å². The lowest BCUT2D eigenvalue weighted by molar-refractivity contribution is 0.205. The zero-order valence-corrected chi connectivity index (χ0v) is 15.7. The molecular weight excluding hydrogens is 340 g/mol. The first kappa shape index (κ1) is 17.7. The van der Waals surface area contributed by atoms with Gasteiger partial charge in [0.15, 0.2) is 0 Å². The van der Waals surface area contributed by atoms with Crippen molar-refractivity contribution in [3.63, 3.8) is 0 Å². The lowest BCUT2D eigenvalue weighted by Gasteiger charge is -2.32. The molecule has 140 valence electrons. The van der Waals surface area contributed by atoms with E-state index in [4.69, 9.17) is 4.42 Å². The normalized spacial score (nSPS) is 16.1. The number of aromatic nitrogens is 1. The predicted molar refractivity (Wildman–Crippen MR) is 106 cm³/mol. The van der Waals surface area contributed by atoms with Gasteiger partial charge >= 0.3 is 5.63 Å². The minimum atomic E-state index is -0.289. The molecule has 3 aromatic rings. The molecule has 0 bridgehead atoms. The topological polar surface area (TPSA) is 66.3 Å². The third-order valence-electron chi connectivity index (χ3n) is 5.51. The zero-order valence-electron chi connectivity index (χ0n) is 15.7. The number of hydrogen-bond acceptors (Lipinski definition) is 4. The summed E-state index contributed by atoms with van der Waals surface area (Å²) in [7, 11) is 0. The fourth-order valence-electron chi connectivity index (χ4n) is 4.19. The fourth-order valence-corrected chi connectivity index (χ4v) is 4.19. The van der Waals surface area contributed by atoms with E-state index in [9.17, 15) is 9.59 Å². The summed E-state index contributed by atoms with van der Waals surface area (Å²) < 4.78 is 5.46. The smallest absolute Gasteiger partial charge is 0.336 e. The number of benzene rings is 1. The first-order valence-corrected chi connectivity index (χ1v) is 9.44. The van der Waals surface area contributed by atoms with Crippen LogP contribution in [0.5, 0.6) is 0 Å². The first-order valence-electron chi connectivity index (χ1n) is 9.44. The third-order valence-corrected chi connectivity index (χ3v) is 5.51. The van der Waals surface area contributed by atoms with Gasteiger partial charge in [-0.1, -0.05) is 6.07 Å². The monoisotopic (exact) mass is 364 g/mol. The molecule has 5 nitrogen and oxygen atoms in total. The summed E-state index contributed by atoms with van der Waals surface area (Å²) in [5.74, 6) is 0.422. The molecule has 1 aliphatic heterocycles. The van der Waals surface area contributed by atoms with Crippen LogP contribution in [0.15, 0.2) is 50.5 Å². The Bertz CT molecular complexity index is 1090. The van der Waals surface area contributed by atoms with Gasteiger partial charge in [-0.3, -0.25) is 9.69 Å². The minimum absolute atomic E-state index is 0.0388. The van der Waals surface area contributed by atoms with Gasteiger partial charge in [-0.05, 0) is 80.1 Å². The van der Waals surface area contributed by atoms with Crippen LogP contribution < -0.4 is 11.2 Å². The van der Waals surface area contributed by atoms with Crippen LogP contribution >= 0.6 is 0 Å². The standard InChI is InChI=1S/C22H24N2O3/c1-14-9-15(2)22-19(10-14)18(12-21(26)27-22)13-24-7-4-16(5-8-24)17-3-6-23-20(25)11-17/h3,6,9-12,16H,4-5,7-8,13H2,1-2H3,(H,23,25). The molecule has 5 heteroatoms. The Kier molecular flexibility index (Phi) is 4.70. The van der Waals surface area contributed by atoms with E-state index >= 15 is 0 Å². The molecule has 4 rings (SSSR count). The number of aromatic amines is 1. The maximum atomic E-state index is 12.0. The van der Waals surface area contributed by atoms with Crippen LogP contribution in [0.3, 0.4) is 0 Å². The second kappa shape index (κ2) is 7.16. The van der Waals surface area contributed by atoms with Crippen molar-refractivity contribution < 1.29 is 4.42 Å². The Morgan fingerprint density at radius 3 is 2.63 bits per heavy atom. The highest BCUT2D eigenvalue weighted by Crippen LogP contribution is 2.29. The van der Waals surface area contributed by atoms with E-state index in [0.717, 1.165) is 54.6 Å². The predicted octanol–water partition coefficient (Wildman–Crippen LogP) is 3.48. The number of pyridine rings is 1. The summed E-state index contributed by atoms with van der Waals surface area (Å²) in [5, 5.41) is 1.03. The van der Waals surface area contributed by atoms with Gasteiger partial charge in [0.2, 0.25) is 5.56 Å². The highest BCUT2D eigenvalue weighted by molar-refractivity contribution is 5.83. The molecular formula is C22H24N2O3. The second-order valence-corrected chi connectivity index (χ2v) is 7.59. The number of hydrogen-bond donors (Lipinski definition) is 1. The molecule has 1 aromatic carbocycles. The Morgan fingerprint density at radius 1 is 1.11 bits per heavy atom. The summed E-state index contributed by atoms with van der Waals surface area (Å²) in [6.45, 7) is 6.69. The zero-order chi connectivity index (χ0) is 19.0. The Labute approximate surface area is 157 Å². The van der Waals surface area contributed by atoms with Crippen LogP contribution in [0.25, 0.3) is 11.0 Å². The molecule has 1 aliphatic rings. The Hall–Kier alpha value is -2.66. The number of nitrogens with one attached hydrogen (secondary N) is 1. The van der Waals surface area contributed by atoms with Crippen LogP contribution in [0.2, 0.25) is 0 Å². The highest BCUT2D eigenvalue weighted by atomic mass is 16.4. The summed E-state index contributed by atoms with van der Waals surface area (Å²) in [6.07, 6.45) is 3.76. The average Bonchev–Trinajstić information content (AvgIpc) is 2.63. The molecule has 27 heavy (non-hydrogen) atoms. The van der Waals surface area contributed by atoms with Gasteiger partial charge in [-0.2, -0.15) is 0 Å². The number of piperidine rings is 1. The van der Waals surface area contributed by atoms with Crippen molar-refractivity contribution in [2.24, 2.45) is 0 Å². The summed E-state index contributed by atoms with van der Waals surface area (Å²) in [5.41, 5.74) is 4.69. The lowest BCUT2D eigenvalue weighted by Crippen LogP contribution is -2.33. The number of rotatable bonds is 3. The van der Waals surface area contributed by atoms with Crippen molar-refractivity contribution in [3.05, 3.63) is 79.6 Å². The number of fused-ring (bicyclic) bond motifs is 1. The molecule has 0 radical (unpaired) electrons. The molecule has 0 amide bonds. The second-order valence-electron chi connectivity index (χ2n) is 7.59. The van der Waals surface area contributed by atoms with Crippen LogP contribution in [0, 0.1) is 13.8 Å². The first-order chi connectivity index (χ1) is 13.0. The minimum Gasteiger partial charge on any atom is -0.422 e. The molecule has 0 atom stereocenters. The molecule has 0 saturated carbocycles. The maximum Gasteiger partial charge on any atom is 0.336 e. The number of H-pyrrole nitrogens is 1. The molecule has 1 fully saturated rings. The van der Waals surface area contributed by atoms with Crippen LogP contribution in [0.1, 0.15) is 41.0 Å². The molecule has 1 N–H and O–H groups in total. The van der Waals surface area contributed by atoms with E-state index < -0.39 is 0 Å². The van der Waals surface area contributed by atoms with Crippen molar-refractivity contribution in [2.75, 3.05) is 13.1 Å². The number of likely N-dealkylation sites (tertiary alicyclic amines) is 1. The van der Waals surface area contributed by atoms with E-state index in [1.807, 2.05) is 19.1 Å². The lowest BCUT2D eigenvalue weighted by atomic mass is 9.90. The van der Waals surface area contributed by atoms with Crippen LogP contribution in [-0.4, -0.2) is 23.0 Å². The molecule has 3 heterocycles. The number of aryl methyl sites for hydroxylation is 2. The van der Waals surface area contributed by atoms with Crippen LogP contribution in [-0.2, 0) is 6.54 Å². The van der Waals surface area contributed by atoms with Gasteiger partial charge in [0.1, 0.15) is 5.58 Å². The molecule has 2 aromatic heterocycles. The Morgan fingerprint density at radius 2 is 1.89 bits per heavy atom. The fraction of sp³-hybridized carbons (Fsp3) is 0.364. The SMILES string of the molecule is Cc1cc(C)c2oc(=O)cc(CN3CCC(c4cc[nH]c(=O)c4)CC3)c2c1. The quantitative estimate of drug-likeness (QED) is 0.723.